The third-order valence-electron chi connectivity index (χ3n) is 4.98. The summed E-state index contributed by atoms with van der Waals surface area (Å²) in [6.45, 7) is 0.137. The minimum Gasteiger partial charge on any atom is -0.477 e. The van der Waals surface area contributed by atoms with Crippen LogP contribution in [-0.4, -0.2) is 58.7 Å². The van der Waals surface area contributed by atoms with E-state index in [0.717, 1.165) is 10.1 Å². The summed E-state index contributed by atoms with van der Waals surface area (Å²) in [5.41, 5.74) is 7.25. The lowest BCUT2D eigenvalue weighted by Gasteiger charge is -2.49. The zero-order valence-corrected chi connectivity index (χ0v) is 17.1. The molecule has 1 aromatic heterocycles. The molecule has 1 aromatic carbocycles. The Morgan fingerprint density at radius 2 is 2.21 bits per heavy atom. The SMILES string of the molecule is COCC1=C(C(=O)O)N2C(=O)[C@@H](NC(=O)C(N)c3ccc4sccc4c3)[C@@H]2SC1. The van der Waals surface area contributed by atoms with Gasteiger partial charge in [-0.25, -0.2) is 4.79 Å². The fourth-order valence-electron chi connectivity index (χ4n) is 3.54. The lowest BCUT2D eigenvalue weighted by Crippen LogP contribution is -2.71. The normalized spacial score (nSPS) is 22.3. The van der Waals surface area contributed by atoms with Crippen LogP contribution in [0.3, 0.4) is 0 Å². The summed E-state index contributed by atoms with van der Waals surface area (Å²) in [5, 5.41) is 14.7. The first kappa shape index (κ1) is 19.9. The number of nitrogens with one attached hydrogen (secondary N) is 1. The Morgan fingerprint density at radius 1 is 1.41 bits per heavy atom. The van der Waals surface area contributed by atoms with Gasteiger partial charge in [-0.1, -0.05) is 6.07 Å². The Balaban J connectivity index is 1.49. The topological polar surface area (TPSA) is 122 Å². The Bertz CT molecular complexity index is 1030. The van der Waals surface area contributed by atoms with Crippen LogP contribution in [0.15, 0.2) is 40.9 Å². The van der Waals surface area contributed by atoms with Crippen molar-refractivity contribution in [1.29, 1.82) is 0 Å². The zero-order chi connectivity index (χ0) is 20.7. The van der Waals surface area contributed by atoms with Gasteiger partial charge in [0.15, 0.2) is 0 Å². The minimum absolute atomic E-state index is 0.0571. The molecule has 2 aliphatic rings. The number of carbonyl (C=O) groups is 3. The summed E-state index contributed by atoms with van der Waals surface area (Å²) in [6, 6.07) is 5.81. The van der Waals surface area contributed by atoms with E-state index in [-0.39, 0.29) is 12.3 Å². The third kappa shape index (κ3) is 3.42. The number of nitrogens with two attached hydrogens (primary N) is 1. The Labute approximate surface area is 174 Å². The number of benzene rings is 1. The van der Waals surface area contributed by atoms with E-state index in [2.05, 4.69) is 5.32 Å². The molecule has 152 valence electrons. The number of aliphatic carboxylic acids is 1. The summed E-state index contributed by atoms with van der Waals surface area (Å²) in [6.07, 6.45) is 0. The molecule has 2 amide bonds. The highest BCUT2D eigenvalue weighted by Gasteiger charge is 2.54. The van der Waals surface area contributed by atoms with Gasteiger partial charge in [0.25, 0.3) is 5.91 Å². The molecule has 1 fully saturated rings. The molecule has 1 saturated heterocycles. The highest BCUT2D eigenvalue weighted by Crippen LogP contribution is 2.40. The van der Waals surface area contributed by atoms with E-state index in [1.807, 2.05) is 23.6 Å². The summed E-state index contributed by atoms with van der Waals surface area (Å²) >= 11 is 3.00. The highest BCUT2D eigenvalue weighted by molar-refractivity contribution is 8.00. The molecule has 2 aliphatic heterocycles. The molecule has 4 rings (SSSR count). The van der Waals surface area contributed by atoms with Crippen molar-refractivity contribution in [2.45, 2.75) is 17.5 Å². The van der Waals surface area contributed by atoms with E-state index in [9.17, 15) is 19.5 Å². The summed E-state index contributed by atoms with van der Waals surface area (Å²) in [5.74, 6) is -1.69. The van der Waals surface area contributed by atoms with Crippen LogP contribution in [0.25, 0.3) is 10.1 Å². The van der Waals surface area contributed by atoms with Gasteiger partial charge < -0.3 is 20.9 Å². The van der Waals surface area contributed by atoms with E-state index >= 15 is 0 Å². The number of thiophene rings is 1. The van der Waals surface area contributed by atoms with Gasteiger partial charge in [0.2, 0.25) is 5.91 Å². The molecule has 3 atom stereocenters. The van der Waals surface area contributed by atoms with E-state index in [1.54, 1.807) is 17.4 Å². The fourth-order valence-corrected chi connectivity index (χ4v) is 5.64. The van der Waals surface area contributed by atoms with E-state index < -0.39 is 35.2 Å². The molecular weight excluding hydrogens is 414 g/mol. The molecular formula is C19H19N3O5S2. The van der Waals surface area contributed by atoms with Crippen LogP contribution < -0.4 is 11.1 Å². The number of carboxylic acid groups (broad SMARTS) is 1. The van der Waals surface area contributed by atoms with Crippen LogP contribution in [0, 0.1) is 0 Å². The summed E-state index contributed by atoms with van der Waals surface area (Å²) in [4.78, 5) is 38.2. The Hall–Kier alpha value is -2.40. The monoisotopic (exact) mass is 433 g/mol. The van der Waals surface area contributed by atoms with Crippen molar-refractivity contribution in [1.82, 2.24) is 10.2 Å². The fraction of sp³-hybridized carbons (Fsp3) is 0.316. The molecule has 10 heteroatoms. The third-order valence-corrected chi connectivity index (χ3v) is 7.22. The number of carboxylic acids is 1. The van der Waals surface area contributed by atoms with Crippen molar-refractivity contribution in [3.63, 3.8) is 0 Å². The van der Waals surface area contributed by atoms with Crippen LogP contribution in [-0.2, 0) is 19.1 Å². The van der Waals surface area contributed by atoms with E-state index in [0.29, 0.717) is 16.9 Å². The van der Waals surface area contributed by atoms with Gasteiger partial charge in [-0.15, -0.1) is 23.1 Å². The van der Waals surface area contributed by atoms with E-state index in [1.165, 1.54) is 23.8 Å². The average molecular weight is 434 g/mol. The highest BCUT2D eigenvalue weighted by atomic mass is 32.2. The number of hydrogen-bond acceptors (Lipinski definition) is 7. The maximum absolute atomic E-state index is 12.7. The first-order chi connectivity index (χ1) is 13.9. The van der Waals surface area contributed by atoms with Crippen LogP contribution in [0.1, 0.15) is 11.6 Å². The Morgan fingerprint density at radius 3 is 2.93 bits per heavy atom. The molecule has 3 heterocycles. The van der Waals surface area contributed by atoms with Crippen molar-refractivity contribution in [2.75, 3.05) is 19.5 Å². The molecule has 0 spiro atoms. The summed E-state index contributed by atoms with van der Waals surface area (Å²) in [7, 11) is 1.47. The van der Waals surface area contributed by atoms with Crippen molar-refractivity contribution < 1.29 is 24.2 Å². The van der Waals surface area contributed by atoms with Gasteiger partial charge in [-0.2, -0.15) is 0 Å². The van der Waals surface area contributed by atoms with Crippen molar-refractivity contribution in [3.8, 4) is 0 Å². The number of thioether (sulfide) groups is 1. The molecule has 0 aliphatic carbocycles. The molecule has 1 unspecified atom stereocenters. The Kier molecular flexibility index (Phi) is 5.34. The maximum Gasteiger partial charge on any atom is 0.352 e. The van der Waals surface area contributed by atoms with Gasteiger partial charge in [0.1, 0.15) is 23.2 Å². The number of β-lactam (4-membered cyclic amide) rings is 1. The molecule has 8 nitrogen and oxygen atoms in total. The maximum atomic E-state index is 12.7. The number of hydrogen-bond donors (Lipinski definition) is 3. The second-order valence-electron chi connectivity index (χ2n) is 6.78. The molecule has 2 aromatic rings. The number of ether oxygens (including phenoxy) is 1. The molecule has 0 radical (unpaired) electrons. The van der Waals surface area contributed by atoms with Crippen molar-refractivity contribution >= 4 is 51.0 Å². The number of amides is 2. The lowest BCUT2D eigenvalue weighted by atomic mass is 10.0. The number of methoxy groups -OCH3 is 1. The van der Waals surface area contributed by atoms with Crippen LogP contribution in [0.4, 0.5) is 0 Å². The number of carbonyl (C=O) groups excluding carboxylic acids is 2. The first-order valence-corrected chi connectivity index (χ1v) is 10.8. The zero-order valence-electron chi connectivity index (χ0n) is 15.5. The molecule has 4 N–H and O–H groups in total. The van der Waals surface area contributed by atoms with Gasteiger partial charge in [0.05, 0.1) is 6.61 Å². The van der Waals surface area contributed by atoms with E-state index in [4.69, 9.17) is 10.5 Å². The van der Waals surface area contributed by atoms with Crippen LogP contribution in [0.2, 0.25) is 0 Å². The molecule has 0 bridgehead atoms. The largest absolute Gasteiger partial charge is 0.477 e. The van der Waals surface area contributed by atoms with Gasteiger partial charge in [0, 0.05) is 17.6 Å². The van der Waals surface area contributed by atoms with Crippen LogP contribution in [0.5, 0.6) is 0 Å². The number of rotatable bonds is 6. The standard InChI is InChI=1S/C19H19N3O5S2/c1-27-7-11-8-29-18-14(17(24)22(18)15(11)19(25)26)21-16(23)13(20)10-2-3-12-9(6-10)4-5-28-12/h2-6,13-14,18H,7-8,20H2,1H3,(H,21,23)(H,25,26)/t13?,14-,18+/m1/s1. The van der Waals surface area contributed by atoms with Crippen molar-refractivity contribution in [2.24, 2.45) is 5.73 Å². The quantitative estimate of drug-likeness (QED) is 0.587. The van der Waals surface area contributed by atoms with Gasteiger partial charge in [-0.3, -0.25) is 14.5 Å². The molecule has 0 saturated carbocycles. The predicted octanol–water partition coefficient (Wildman–Crippen LogP) is 1.29. The number of fused-ring (bicyclic) bond motifs is 2. The molecule has 29 heavy (non-hydrogen) atoms. The van der Waals surface area contributed by atoms with Crippen LogP contribution >= 0.6 is 23.1 Å². The van der Waals surface area contributed by atoms with Gasteiger partial charge in [-0.05, 0) is 40.1 Å². The van der Waals surface area contributed by atoms with Gasteiger partial charge >= 0.3 is 5.97 Å². The average Bonchev–Trinajstić information content (AvgIpc) is 3.18. The second-order valence-corrected chi connectivity index (χ2v) is 8.83. The van der Waals surface area contributed by atoms with Crippen molar-refractivity contribution in [3.05, 3.63) is 46.5 Å². The number of nitrogens with zero attached hydrogens (tertiary/aromatic N) is 1. The lowest BCUT2D eigenvalue weighted by molar-refractivity contribution is -0.151. The second kappa shape index (κ2) is 7.79. The summed E-state index contributed by atoms with van der Waals surface area (Å²) < 4.78 is 6.14. The smallest absolute Gasteiger partial charge is 0.352 e. The minimum atomic E-state index is -1.18. The predicted molar refractivity (Wildman–Crippen MR) is 110 cm³/mol. The first-order valence-electron chi connectivity index (χ1n) is 8.84.